The van der Waals surface area contributed by atoms with Crippen LogP contribution in [0.2, 0.25) is 10.0 Å². The van der Waals surface area contributed by atoms with Gasteiger partial charge in [-0.2, -0.15) is 5.26 Å². The molecule has 4 rings (SSSR count). The molecule has 1 N–H and O–H groups in total. The number of benzene rings is 3. The van der Waals surface area contributed by atoms with E-state index in [1.807, 2.05) is 36.4 Å². The van der Waals surface area contributed by atoms with Crippen LogP contribution >= 0.6 is 23.2 Å². The van der Waals surface area contributed by atoms with Crippen LogP contribution in [0.1, 0.15) is 16.7 Å². The minimum Gasteiger partial charge on any atom is -0.365 e. The lowest BCUT2D eigenvalue weighted by molar-refractivity contribution is 0.524. The van der Waals surface area contributed by atoms with Crippen molar-refractivity contribution in [3.63, 3.8) is 0 Å². The second-order valence-corrected chi connectivity index (χ2v) is 10.0. The Hall–Kier alpha value is -2.56. The summed E-state index contributed by atoms with van der Waals surface area (Å²) in [6, 6.07) is 21.1. The number of hydrogen-bond acceptors (Lipinski definition) is 4. The Bertz CT molecular complexity index is 1270. The minimum atomic E-state index is -3.75. The first-order valence-electron chi connectivity index (χ1n) is 9.64. The predicted molar refractivity (Wildman–Crippen MR) is 123 cm³/mol. The van der Waals surface area contributed by atoms with Crippen molar-refractivity contribution in [1.82, 2.24) is 4.72 Å². The van der Waals surface area contributed by atoms with Crippen LogP contribution in [0.4, 0.5) is 5.69 Å². The average molecular weight is 472 g/mol. The first-order valence-corrected chi connectivity index (χ1v) is 11.9. The Labute approximate surface area is 191 Å². The molecule has 158 valence electrons. The lowest BCUT2D eigenvalue weighted by Gasteiger charge is -2.36. The van der Waals surface area contributed by atoms with E-state index in [2.05, 4.69) is 15.7 Å². The zero-order chi connectivity index (χ0) is 22.0. The second-order valence-electron chi connectivity index (χ2n) is 7.45. The van der Waals surface area contributed by atoms with E-state index in [0.717, 1.165) is 16.8 Å². The quantitative estimate of drug-likeness (QED) is 0.581. The van der Waals surface area contributed by atoms with Crippen LogP contribution in [0.25, 0.3) is 0 Å². The molecule has 0 saturated carbocycles. The Morgan fingerprint density at radius 2 is 1.77 bits per heavy atom. The number of hydrogen-bond donors (Lipinski definition) is 1. The number of nitrogens with zero attached hydrogens (tertiary/aromatic N) is 2. The Morgan fingerprint density at radius 1 is 1.03 bits per heavy atom. The van der Waals surface area contributed by atoms with E-state index in [-0.39, 0.29) is 10.9 Å². The fourth-order valence-corrected chi connectivity index (χ4v) is 5.57. The first kappa shape index (κ1) is 21.7. The van der Waals surface area contributed by atoms with Gasteiger partial charge in [-0.25, -0.2) is 13.1 Å². The monoisotopic (exact) mass is 471 g/mol. The zero-order valence-corrected chi connectivity index (χ0v) is 18.8. The van der Waals surface area contributed by atoms with Crippen molar-refractivity contribution in [3.8, 4) is 6.07 Å². The molecule has 5 nitrogen and oxygen atoms in total. The lowest BCUT2D eigenvalue weighted by atomic mass is 9.96. The standard InChI is InChI=1S/C23H19Cl2N3O2S/c24-19-4-1-3-17(10-19)14-28-15-21(11-18-9-16(13-26)7-8-23(18)28)27-31(29,30)22-6-2-5-20(25)12-22/h1-10,12,21,27H,11,14-15H2. The summed E-state index contributed by atoms with van der Waals surface area (Å²) in [5.41, 5.74) is 3.46. The third-order valence-corrected chi connectivity index (χ3v) is 7.14. The molecule has 31 heavy (non-hydrogen) atoms. The Kier molecular flexibility index (Phi) is 6.22. The summed E-state index contributed by atoms with van der Waals surface area (Å²) < 4.78 is 28.7. The SMILES string of the molecule is N#Cc1ccc2c(c1)CC(NS(=O)(=O)c1cccc(Cl)c1)CN2Cc1cccc(Cl)c1. The number of anilines is 1. The molecule has 3 aromatic rings. The molecule has 1 atom stereocenters. The van der Waals surface area contributed by atoms with Crippen LogP contribution in [0.15, 0.2) is 71.6 Å². The van der Waals surface area contributed by atoms with Crippen molar-refractivity contribution in [3.05, 3.63) is 93.5 Å². The third kappa shape index (κ3) is 5.03. The molecule has 8 heteroatoms. The highest BCUT2D eigenvalue weighted by Gasteiger charge is 2.29. The molecule has 0 spiro atoms. The van der Waals surface area contributed by atoms with Gasteiger partial charge in [0.1, 0.15) is 0 Å². The molecule has 1 aliphatic rings. The molecule has 0 saturated heterocycles. The summed E-state index contributed by atoms with van der Waals surface area (Å²) in [6.45, 7) is 1.04. The molecular weight excluding hydrogens is 453 g/mol. The van der Waals surface area contributed by atoms with Gasteiger partial charge in [-0.1, -0.05) is 41.4 Å². The van der Waals surface area contributed by atoms with Crippen LogP contribution in [-0.2, 0) is 23.0 Å². The third-order valence-electron chi connectivity index (χ3n) is 5.15. The topological polar surface area (TPSA) is 73.2 Å². The van der Waals surface area contributed by atoms with Crippen molar-refractivity contribution in [2.24, 2.45) is 0 Å². The van der Waals surface area contributed by atoms with Crippen LogP contribution in [-0.4, -0.2) is 21.0 Å². The van der Waals surface area contributed by atoms with Crippen molar-refractivity contribution in [1.29, 1.82) is 5.26 Å². The smallest absolute Gasteiger partial charge is 0.240 e. The average Bonchev–Trinajstić information content (AvgIpc) is 2.73. The summed E-state index contributed by atoms with van der Waals surface area (Å²) in [4.78, 5) is 2.23. The molecule has 0 bridgehead atoms. The van der Waals surface area contributed by atoms with Gasteiger partial charge in [0.15, 0.2) is 0 Å². The molecular formula is C23H19Cl2N3O2S. The van der Waals surface area contributed by atoms with Gasteiger partial charge >= 0.3 is 0 Å². The molecule has 0 aromatic heterocycles. The van der Waals surface area contributed by atoms with Crippen LogP contribution in [0.5, 0.6) is 0 Å². The van der Waals surface area contributed by atoms with E-state index in [0.29, 0.717) is 35.1 Å². The number of halogens is 2. The highest BCUT2D eigenvalue weighted by atomic mass is 35.5. The van der Waals surface area contributed by atoms with Gasteiger partial charge in [0.05, 0.1) is 16.5 Å². The van der Waals surface area contributed by atoms with E-state index in [4.69, 9.17) is 23.2 Å². The number of nitrogens with one attached hydrogen (secondary N) is 1. The fourth-order valence-electron chi connectivity index (χ4n) is 3.83. The maximum atomic E-state index is 12.9. The van der Waals surface area contributed by atoms with Crippen molar-refractivity contribution >= 4 is 38.9 Å². The van der Waals surface area contributed by atoms with Crippen molar-refractivity contribution < 1.29 is 8.42 Å². The van der Waals surface area contributed by atoms with E-state index >= 15 is 0 Å². The normalized spacial score (nSPS) is 15.9. The van der Waals surface area contributed by atoms with Gasteiger partial charge in [-0.3, -0.25) is 0 Å². The maximum Gasteiger partial charge on any atom is 0.240 e. The van der Waals surface area contributed by atoms with Crippen molar-refractivity contribution in [2.75, 3.05) is 11.4 Å². The molecule has 0 amide bonds. The van der Waals surface area contributed by atoms with Gasteiger partial charge in [0.2, 0.25) is 10.0 Å². The van der Waals surface area contributed by atoms with Crippen molar-refractivity contribution in [2.45, 2.75) is 23.9 Å². The molecule has 1 heterocycles. The molecule has 0 aliphatic carbocycles. The summed E-state index contributed by atoms with van der Waals surface area (Å²) in [7, 11) is -3.75. The molecule has 0 radical (unpaired) electrons. The van der Waals surface area contributed by atoms with Gasteiger partial charge < -0.3 is 4.90 Å². The van der Waals surface area contributed by atoms with Crippen LogP contribution in [0, 0.1) is 11.3 Å². The van der Waals surface area contributed by atoms with E-state index in [1.165, 1.54) is 12.1 Å². The van der Waals surface area contributed by atoms with Crippen LogP contribution in [0.3, 0.4) is 0 Å². The second kappa shape index (κ2) is 8.89. The highest BCUT2D eigenvalue weighted by molar-refractivity contribution is 7.89. The molecule has 3 aromatic carbocycles. The number of sulfonamides is 1. The summed E-state index contributed by atoms with van der Waals surface area (Å²) in [5.74, 6) is 0. The lowest BCUT2D eigenvalue weighted by Crippen LogP contribution is -2.48. The van der Waals surface area contributed by atoms with E-state index in [9.17, 15) is 13.7 Å². The first-order chi connectivity index (χ1) is 14.8. The number of rotatable bonds is 5. The molecule has 1 unspecified atom stereocenters. The van der Waals surface area contributed by atoms with Gasteiger partial charge in [-0.15, -0.1) is 0 Å². The number of nitriles is 1. The number of fused-ring (bicyclic) bond motifs is 1. The van der Waals surface area contributed by atoms with Gasteiger partial charge in [-0.05, 0) is 66.1 Å². The van der Waals surface area contributed by atoms with E-state index in [1.54, 1.807) is 18.2 Å². The minimum absolute atomic E-state index is 0.123. The molecule has 1 aliphatic heterocycles. The zero-order valence-electron chi connectivity index (χ0n) is 16.4. The van der Waals surface area contributed by atoms with Gasteiger partial charge in [0, 0.05) is 34.9 Å². The fraction of sp³-hybridized carbons (Fsp3) is 0.174. The summed E-state index contributed by atoms with van der Waals surface area (Å²) in [6.07, 6.45) is 0.483. The van der Waals surface area contributed by atoms with Crippen LogP contribution < -0.4 is 9.62 Å². The Balaban J connectivity index is 1.65. The summed E-state index contributed by atoms with van der Waals surface area (Å²) >= 11 is 12.1. The Morgan fingerprint density at radius 3 is 2.48 bits per heavy atom. The highest BCUT2D eigenvalue weighted by Crippen LogP contribution is 2.30. The van der Waals surface area contributed by atoms with Gasteiger partial charge in [0.25, 0.3) is 0 Å². The molecule has 0 fully saturated rings. The predicted octanol–water partition coefficient (Wildman–Crippen LogP) is 4.77. The maximum absolute atomic E-state index is 12.9. The summed E-state index contributed by atoms with van der Waals surface area (Å²) in [5, 5.41) is 10.3. The van der Waals surface area contributed by atoms with E-state index < -0.39 is 10.0 Å². The largest absolute Gasteiger partial charge is 0.365 e.